The van der Waals surface area contributed by atoms with E-state index in [4.69, 9.17) is 4.74 Å². The molecule has 0 radical (unpaired) electrons. The monoisotopic (exact) mass is 283 g/mol. The van der Waals surface area contributed by atoms with E-state index < -0.39 is 0 Å². The molecule has 2 amide bonds. The average Bonchev–Trinajstić information content (AvgIpc) is 2.49. The molecule has 0 aliphatic carbocycles. The Kier molecular flexibility index (Phi) is 5.79. The van der Waals surface area contributed by atoms with Crippen LogP contribution < -0.4 is 5.32 Å². The smallest absolute Gasteiger partial charge is 0.242 e. The Bertz CT molecular complexity index is 337. The highest BCUT2D eigenvalue weighted by atomic mass is 16.5. The van der Waals surface area contributed by atoms with Crippen LogP contribution in [0.25, 0.3) is 0 Å². The summed E-state index contributed by atoms with van der Waals surface area (Å²) >= 11 is 0. The summed E-state index contributed by atoms with van der Waals surface area (Å²) in [5, 5.41) is 3.21. The number of nitrogens with zero attached hydrogens (tertiary/aromatic N) is 2. The van der Waals surface area contributed by atoms with Gasteiger partial charge in [-0.3, -0.25) is 9.59 Å². The highest BCUT2D eigenvalue weighted by molar-refractivity contribution is 5.84. The van der Waals surface area contributed by atoms with Crippen molar-refractivity contribution in [2.75, 3.05) is 46.4 Å². The molecule has 0 aromatic rings. The molecule has 1 unspecified atom stereocenters. The van der Waals surface area contributed by atoms with Gasteiger partial charge in [-0.05, 0) is 19.3 Å². The third-order valence-electron chi connectivity index (χ3n) is 3.94. The quantitative estimate of drug-likeness (QED) is 0.778. The summed E-state index contributed by atoms with van der Waals surface area (Å²) < 4.78 is 5.57. The van der Waals surface area contributed by atoms with Crippen LogP contribution in [0.5, 0.6) is 0 Å². The van der Waals surface area contributed by atoms with Gasteiger partial charge in [0.2, 0.25) is 11.8 Å². The van der Waals surface area contributed by atoms with Crippen LogP contribution in [0, 0.1) is 0 Å². The van der Waals surface area contributed by atoms with E-state index in [0.717, 1.165) is 52.0 Å². The zero-order valence-electron chi connectivity index (χ0n) is 12.3. The molecule has 0 aromatic heterocycles. The number of nitrogens with one attached hydrogen (secondary N) is 1. The Labute approximate surface area is 120 Å². The summed E-state index contributed by atoms with van der Waals surface area (Å²) in [5.41, 5.74) is 0. The van der Waals surface area contributed by atoms with Crippen molar-refractivity contribution in [3.8, 4) is 0 Å². The Morgan fingerprint density at radius 1 is 1.30 bits per heavy atom. The first kappa shape index (κ1) is 15.3. The number of hydrogen-bond acceptors (Lipinski definition) is 4. The van der Waals surface area contributed by atoms with Crippen LogP contribution in [0.15, 0.2) is 0 Å². The van der Waals surface area contributed by atoms with Crippen LogP contribution in [0.1, 0.15) is 25.7 Å². The Morgan fingerprint density at radius 3 is 2.70 bits per heavy atom. The van der Waals surface area contributed by atoms with Gasteiger partial charge in [-0.1, -0.05) is 0 Å². The lowest BCUT2D eigenvalue weighted by Crippen LogP contribution is -2.50. The number of carbonyl (C=O) groups is 2. The fourth-order valence-electron chi connectivity index (χ4n) is 2.62. The fraction of sp³-hybridized carbons (Fsp3) is 0.857. The van der Waals surface area contributed by atoms with Gasteiger partial charge >= 0.3 is 0 Å². The van der Waals surface area contributed by atoms with Gasteiger partial charge in [-0.2, -0.15) is 0 Å². The van der Waals surface area contributed by atoms with Gasteiger partial charge in [0.25, 0.3) is 0 Å². The lowest BCUT2D eigenvalue weighted by atomic mass is 10.1. The van der Waals surface area contributed by atoms with E-state index >= 15 is 0 Å². The van der Waals surface area contributed by atoms with Gasteiger partial charge in [-0.15, -0.1) is 0 Å². The van der Waals surface area contributed by atoms with E-state index in [-0.39, 0.29) is 24.5 Å². The molecule has 1 atom stereocenters. The summed E-state index contributed by atoms with van der Waals surface area (Å²) in [6, 6.07) is 0. The number of carbonyl (C=O) groups excluding carboxylic acids is 2. The number of hydrogen-bond donors (Lipinski definition) is 1. The first-order valence-corrected chi connectivity index (χ1v) is 7.51. The van der Waals surface area contributed by atoms with Gasteiger partial charge in [-0.25, -0.2) is 0 Å². The predicted molar refractivity (Wildman–Crippen MR) is 75.3 cm³/mol. The molecule has 0 bridgehead atoms. The van der Waals surface area contributed by atoms with Crippen molar-refractivity contribution in [3.05, 3.63) is 0 Å². The molecular weight excluding hydrogens is 258 g/mol. The molecule has 114 valence electrons. The molecule has 6 heteroatoms. The highest BCUT2D eigenvalue weighted by Gasteiger charge is 2.23. The lowest BCUT2D eigenvalue weighted by Gasteiger charge is -2.30. The summed E-state index contributed by atoms with van der Waals surface area (Å²) in [7, 11) is 1.70. The van der Waals surface area contributed by atoms with Crippen LogP contribution >= 0.6 is 0 Å². The number of piperazine rings is 1. The molecule has 0 aromatic carbocycles. The molecule has 6 nitrogen and oxygen atoms in total. The summed E-state index contributed by atoms with van der Waals surface area (Å²) in [5.74, 6) is 0.0345. The molecule has 2 fully saturated rings. The second-order valence-electron chi connectivity index (χ2n) is 5.57. The van der Waals surface area contributed by atoms with Gasteiger partial charge in [0.15, 0.2) is 0 Å². The molecular formula is C14H25N3O3. The van der Waals surface area contributed by atoms with E-state index in [2.05, 4.69) is 5.32 Å². The Hall–Kier alpha value is -1.14. The normalized spacial score (nSPS) is 23.4. The van der Waals surface area contributed by atoms with Crippen LogP contribution in [-0.2, 0) is 14.3 Å². The average molecular weight is 283 g/mol. The molecule has 2 heterocycles. The molecule has 1 N–H and O–H groups in total. The van der Waals surface area contributed by atoms with Crippen LogP contribution in [0.3, 0.4) is 0 Å². The standard InChI is InChI=1S/C14H25N3O3/c1-16(11-14(19)17-7-5-15-6-8-17)13(18)10-12-4-2-3-9-20-12/h12,15H,2-11H2,1H3. The minimum Gasteiger partial charge on any atom is -0.378 e. The largest absolute Gasteiger partial charge is 0.378 e. The van der Waals surface area contributed by atoms with Crippen molar-refractivity contribution in [2.24, 2.45) is 0 Å². The summed E-state index contributed by atoms with van der Waals surface area (Å²) in [6.07, 6.45) is 3.59. The second kappa shape index (κ2) is 7.59. The van der Waals surface area contributed by atoms with Gasteiger partial charge in [0.1, 0.15) is 0 Å². The topological polar surface area (TPSA) is 61.9 Å². The van der Waals surface area contributed by atoms with Crippen molar-refractivity contribution in [1.29, 1.82) is 0 Å². The SMILES string of the molecule is CN(CC(=O)N1CCNCC1)C(=O)CC1CCCCO1. The van der Waals surface area contributed by atoms with Crippen molar-refractivity contribution in [1.82, 2.24) is 15.1 Å². The van der Waals surface area contributed by atoms with E-state index in [9.17, 15) is 9.59 Å². The molecule has 2 aliphatic heterocycles. The number of likely N-dealkylation sites (N-methyl/N-ethyl adjacent to an activating group) is 1. The highest BCUT2D eigenvalue weighted by Crippen LogP contribution is 2.16. The van der Waals surface area contributed by atoms with Crippen molar-refractivity contribution in [3.63, 3.8) is 0 Å². The van der Waals surface area contributed by atoms with Crippen LogP contribution in [0.2, 0.25) is 0 Å². The Balaban J connectivity index is 1.73. The Morgan fingerprint density at radius 2 is 2.05 bits per heavy atom. The van der Waals surface area contributed by atoms with E-state index in [0.29, 0.717) is 6.42 Å². The fourth-order valence-corrected chi connectivity index (χ4v) is 2.62. The number of rotatable bonds is 4. The number of amides is 2. The molecule has 2 aliphatic rings. The zero-order chi connectivity index (χ0) is 14.4. The third-order valence-corrected chi connectivity index (χ3v) is 3.94. The van der Waals surface area contributed by atoms with E-state index in [1.165, 1.54) is 4.90 Å². The van der Waals surface area contributed by atoms with Crippen molar-refractivity contribution in [2.45, 2.75) is 31.8 Å². The second-order valence-corrected chi connectivity index (χ2v) is 5.57. The molecule has 0 saturated carbocycles. The molecule has 20 heavy (non-hydrogen) atoms. The molecule has 2 rings (SSSR count). The van der Waals surface area contributed by atoms with Gasteiger partial charge in [0, 0.05) is 39.8 Å². The first-order chi connectivity index (χ1) is 9.66. The van der Waals surface area contributed by atoms with Crippen LogP contribution in [0.4, 0.5) is 0 Å². The van der Waals surface area contributed by atoms with E-state index in [1.807, 2.05) is 4.90 Å². The first-order valence-electron chi connectivity index (χ1n) is 7.51. The number of ether oxygens (including phenoxy) is 1. The van der Waals surface area contributed by atoms with Gasteiger partial charge < -0.3 is 19.9 Å². The predicted octanol–water partition coefficient (Wildman–Crippen LogP) is -0.164. The summed E-state index contributed by atoms with van der Waals surface area (Å²) in [6.45, 7) is 4.05. The maximum Gasteiger partial charge on any atom is 0.242 e. The maximum atomic E-state index is 12.1. The minimum atomic E-state index is 0.000356. The molecule has 2 saturated heterocycles. The minimum absolute atomic E-state index is 0.000356. The van der Waals surface area contributed by atoms with Gasteiger partial charge in [0.05, 0.1) is 19.1 Å². The molecule has 0 spiro atoms. The van der Waals surface area contributed by atoms with Crippen molar-refractivity contribution < 1.29 is 14.3 Å². The van der Waals surface area contributed by atoms with Crippen molar-refractivity contribution >= 4 is 11.8 Å². The third kappa shape index (κ3) is 4.45. The zero-order valence-corrected chi connectivity index (χ0v) is 12.3. The van der Waals surface area contributed by atoms with Crippen LogP contribution in [-0.4, -0.2) is 74.1 Å². The maximum absolute atomic E-state index is 12.1. The summed E-state index contributed by atoms with van der Waals surface area (Å²) in [4.78, 5) is 27.5. The lowest BCUT2D eigenvalue weighted by molar-refractivity contribution is -0.141. The van der Waals surface area contributed by atoms with E-state index in [1.54, 1.807) is 7.05 Å².